The third kappa shape index (κ3) is 5.38. The number of benzene rings is 1. The molecule has 0 spiro atoms. The van der Waals surface area contributed by atoms with Crippen LogP contribution in [0, 0.1) is 0 Å². The number of hydrogen-bond acceptors (Lipinski definition) is 6. The van der Waals surface area contributed by atoms with Crippen LogP contribution in [0.2, 0.25) is 0 Å². The summed E-state index contributed by atoms with van der Waals surface area (Å²) in [4.78, 5) is 19.1. The Morgan fingerprint density at radius 2 is 2.00 bits per heavy atom. The van der Waals surface area contributed by atoms with Crippen molar-refractivity contribution in [1.29, 1.82) is 0 Å². The molecule has 1 fully saturated rings. The highest BCUT2D eigenvalue weighted by molar-refractivity contribution is 7.88. The molecule has 0 radical (unpaired) electrons. The third-order valence-electron chi connectivity index (χ3n) is 5.10. The Kier molecular flexibility index (Phi) is 6.82. The molecule has 0 bridgehead atoms. The van der Waals surface area contributed by atoms with Gasteiger partial charge in [0.25, 0.3) is 0 Å². The monoisotopic (exact) mass is 422 g/mol. The van der Waals surface area contributed by atoms with Crippen molar-refractivity contribution in [2.24, 2.45) is 0 Å². The molecule has 2 heterocycles. The predicted octanol–water partition coefficient (Wildman–Crippen LogP) is 1.70. The van der Waals surface area contributed by atoms with E-state index in [9.17, 15) is 13.2 Å². The van der Waals surface area contributed by atoms with E-state index >= 15 is 0 Å². The van der Waals surface area contributed by atoms with Crippen LogP contribution in [-0.4, -0.2) is 67.5 Å². The van der Waals surface area contributed by atoms with E-state index in [0.717, 1.165) is 23.4 Å². The van der Waals surface area contributed by atoms with Crippen LogP contribution in [0.4, 0.5) is 0 Å². The van der Waals surface area contributed by atoms with E-state index in [-0.39, 0.29) is 18.0 Å². The smallest absolute Gasteiger partial charge is 0.235 e. The summed E-state index contributed by atoms with van der Waals surface area (Å²) in [6.45, 7) is 1.69. The molecule has 1 aliphatic heterocycles. The van der Waals surface area contributed by atoms with E-state index in [1.54, 1.807) is 13.2 Å². The molecule has 1 aliphatic rings. The lowest BCUT2D eigenvalue weighted by Crippen LogP contribution is -2.48. The zero-order valence-corrected chi connectivity index (χ0v) is 17.7. The number of amides is 1. The summed E-state index contributed by atoms with van der Waals surface area (Å²) >= 11 is 1.52. The molecule has 152 valence electrons. The van der Waals surface area contributed by atoms with E-state index in [4.69, 9.17) is 0 Å². The molecule has 1 N–H and O–H groups in total. The average Bonchev–Trinajstić information content (AvgIpc) is 3.20. The van der Waals surface area contributed by atoms with Gasteiger partial charge in [0.05, 0.1) is 12.8 Å². The lowest BCUT2D eigenvalue weighted by atomic mass is 10.1. The molecule has 1 saturated heterocycles. The van der Waals surface area contributed by atoms with E-state index in [2.05, 4.69) is 15.2 Å². The maximum absolute atomic E-state index is 12.7. The Hall–Kier alpha value is -1.81. The van der Waals surface area contributed by atoms with Crippen molar-refractivity contribution in [3.05, 3.63) is 52.5 Å². The second-order valence-electron chi connectivity index (χ2n) is 7.07. The Morgan fingerprint density at radius 3 is 2.57 bits per heavy atom. The summed E-state index contributed by atoms with van der Waals surface area (Å²) < 4.78 is 24.8. The molecule has 7 nitrogen and oxygen atoms in total. The average molecular weight is 423 g/mol. The zero-order chi connectivity index (χ0) is 20.1. The van der Waals surface area contributed by atoms with Crippen LogP contribution in [0.3, 0.4) is 0 Å². The number of nitrogens with zero attached hydrogens (tertiary/aromatic N) is 3. The van der Waals surface area contributed by atoms with Crippen molar-refractivity contribution in [2.45, 2.75) is 24.9 Å². The van der Waals surface area contributed by atoms with Crippen molar-refractivity contribution in [3.8, 4) is 0 Å². The number of carbonyl (C=O) groups is 1. The summed E-state index contributed by atoms with van der Waals surface area (Å²) in [7, 11) is -1.56. The minimum absolute atomic E-state index is 0.00157. The molecule has 28 heavy (non-hydrogen) atoms. The third-order valence-corrected chi connectivity index (χ3v) is 7.28. The maximum atomic E-state index is 12.7. The number of likely N-dealkylation sites (tertiary alicyclic amines) is 1. The Balaban J connectivity index is 1.58. The van der Waals surface area contributed by atoms with Gasteiger partial charge < -0.3 is 5.32 Å². The highest BCUT2D eigenvalue weighted by Gasteiger charge is 2.28. The van der Waals surface area contributed by atoms with Gasteiger partial charge in [-0.3, -0.25) is 9.69 Å². The number of aromatic nitrogens is 1. The van der Waals surface area contributed by atoms with Gasteiger partial charge in [0.2, 0.25) is 15.9 Å². The molecular weight excluding hydrogens is 396 g/mol. The Bertz CT molecular complexity index is 864. The first-order chi connectivity index (χ1) is 13.3. The largest absolute Gasteiger partial charge is 0.342 e. The van der Waals surface area contributed by atoms with E-state index in [0.29, 0.717) is 19.6 Å². The molecule has 0 aliphatic carbocycles. The fourth-order valence-corrected chi connectivity index (χ4v) is 4.90. The molecule has 1 amide bonds. The van der Waals surface area contributed by atoms with Gasteiger partial charge in [0.15, 0.2) is 0 Å². The molecule has 1 aromatic carbocycles. The van der Waals surface area contributed by atoms with Gasteiger partial charge in [-0.2, -0.15) is 0 Å². The molecule has 1 atom stereocenters. The van der Waals surface area contributed by atoms with Gasteiger partial charge in [0.1, 0.15) is 11.0 Å². The lowest BCUT2D eigenvalue weighted by molar-refractivity contribution is -0.123. The fourth-order valence-electron chi connectivity index (χ4n) is 3.43. The minimum atomic E-state index is -3.18. The van der Waals surface area contributed by atoms with Gasteiger partial charge in [0, 0.05) is 37.8 Å². The topological polar surface area (TPSA) is 82.6 Å². The number of rotatable bonds is 7. The van der Waals surface area contributed by atoms with Crippen LogP contribution in [0.1, 0.15) is 29.5 Å². The van der Waals surface area contributed by atoms with Crippen LogP contribution >= 0.6 is 11.3 Å². The number of hydrogen-bond donors (Lipinski definition) is 1. The highest BCUT2D eigenvalue weighted by atomic mass is 32.2. The van der Waals surface area contributed by atoms with Gasteiger partial charge in [-0.05, 0) is 18.4 Å². The second-order valence-corrected chi connectivity index (χ2v) is 10.0. The maximum Gasteiger partial charge on any atom is 0.235 e. The number of thiazole rings is 1. The van der Waals surface area contributed by atoms with Crippen molar-refractivity contribution in [3.63, 3.8) is 0 Å². The SMILES string of the molecule is CN(C1CCN(CC(=O)NC(c2ccccc2)c2nccs2)CC1)S(C)(=O)=O. The first-order valence-electron chi connectivity index (χ1n) is 9.23. The number of piperidine rings is 1. The van der Waals surface area contributed by atoms with Crippen molar-refractivity contribution in [1.82, 2.24) is 19.5 Å². The van der Waals surface area contributed by atoms with Crippen molar-refractivity contribution in [2.75, 3.05) is 32.9 Å². The molecule has 1 aromatic heterocycles. The normalized spacial score (nSPS) is 17.5. The first-order valence-corrected chi connectivity index (χ1v) is 12.0. The number of sulfonamides is 1. The van der Waals surface area contributed by atoms with E-state index < -0.39 is 10.0 Å². The van der Waals surface area contributed by atoms with Crippen LogP contribution in [0.15, 0.2) is 41.9 Å². The lowest BCUT2D eigenvalue weighted by Gasteiger charge is -2.35. The van der Waals surface area contributed by atoms with Gasteiger partial charge in [-0.25, -0.2) is 17.7 Å². The number of carbonyl (C=O) groups excluding carboxylic acids is 1. The Labute approximate surface area is 170 Å². The molecule has 1 unspecified atom stereocenters. The summed E-state index contributed by atoms with van der Waals surface area (Å²) in [5, 5.41) is 5.86. The fraction of sp³-hybridized carbons (Fsp3) is 0.474. The summed E-state index contributed by atoms with van der Waals surface area (Å²) in [6, 6.07) is 9.56. The summed E-state index contributed by atoms with van der Waals surface area (Å²) in [6.07, 6.45) is 4.43. The van der Waals surface area contributed by atoms with Crippen molar-refractivity contribution < 1.29 is 13.2 Å². The van der Waals surface area contributed by atoms with Gasteiger partial charge in [-0.15, -0.1) is 11.3 Å². The second kappa shape index (κ2) is 9.13. The predicted molar refractivity (Wildman–Crippen MR) is 111 cm³/mol. The molecule has 9 heteroatoms. The van der Waals surface area contributed by atoms with Crippen molar-refractivity contribution >= 4 is 27.3 Å². The standard InChI is InChI=1S/C19H26N4O3S2/c1-22(28(2,25)26)16-8-11-23(12-9-16)14-17(24)21-18(19-20-10-13-27-19)15-6-4-3-5-7-15/h3-7,10,13,16,18H,8-9,11-12,14H2,1-2H3,(H,21,24). The zero-order valence-electron chi connectivity index (χ0n) is 16.1. The van der Waals surface area contributed by atoms with E-state index in [1.165, 1.54) is 21.9 Å². The summed E-state index contributed by atoms with van der Waals surface area (Å²) in [5.41, 5.74) is 0.999. The molecule has 3 rings (SSSR count). The van der Waals surface area contributed by atoms with Gasteiger partial charge >= 0.3 is 0 Å². The van der Waals surface area contributed by atoms with E-state index in [1.807, 2.05) is 35.7 Å². The molecule has 2 aromatic rings. The number of nitrogens with one attached hydrogen (secondary N) is 1. The minimum Gasteiger partial charge on any atom is -0.342 e. The highest BCUT2D eigenvalue weighted by Crippen LogP contribution is 2.24. The van der Waals surface area contributed by atoms with Gasteiger partial charge in [-0.1, -0.05) is 30.3 Å². The van der Waals surface area contributed by atoms with Crippen LogP contribution in [0.25, 0.3) is 0 Å². The van der Waals surface area contributed by atoms with Crippen LogP contribution in [-0.2, 0) is 14.8 Å². The quantitative estimate of drug-likeness (QED) is 0.734. The first kappa shape index (κ1) is 20.9. The molecule has 0 saturated carbocycles. The summed E-state index contributed by atoms with van der Waals surface area (Å²) in [5.74, 6) is -0.0565. The van der Waals surface area contributed by atoms with Crippen LogP contribution < -0.4 is 5.32 Å². The Morgan fingerprint density at radius 1 is 1.32 bits per heavy atom. The van der Waals surface area contributed by atoms with Crippen LogP contribution in [0.5, 0.6) is 0 Å². The molecular formula is C19H26N4O3S2.